The van der Waals surface area contributed by atoms with Crippen LogP contribution in [0.5, 0.6) is 0 Å². The van der Waals surface area contributed by atoms with Crippen molar-refractivity contribution in [2.24, 2.45) is 0 Å². The molecular weight excluding hydrogens is 288 g/mol. The monoisotopic (exact) mass is 312 g/mol. The lowest BCUT2D eigenvalue weighted by Gasteiger charge is -2.21. The van der Waals surface area contributed by atoms with Gasteiger partial charge < -0.3 is 5.11 Å². The van der Waals surface area contributed by atoms with E-state index in [-0.39, 0.29) is 0 Å². The van der Waals surface area contributed by atoms with Gasteiger partial charge in [-0.2, -0.15) is 0 Å². The summed E-state index contributed by atoms with van der Waals surface area (Å²) in [5.74, 6) is -0.879. The van der Waals surface area contributed by atoms with Crippen LogP contribution in [-0.4, -0.2) is 34.6 Å². The molecule has 1 aliphatic heterocycles. The van der Waals surface area contributed by atoms with Gasteiger partial charge in [-0.15, -0.1) is 0 Å². The number of hydrogen-bond donors (Lipinski definition) is 1. The largest absolute Gasteiger partial charge is 0.478 e. The quantitative estimate of drug-likeness (QED) is 0.915. The van der Waals surface area contributed by atoms with Crippen LogP contribution in [0, 0.1) is 13.8 Å². The van der Waals surface area contributed by atoms with Gasteiger partial charge in [-0.1, -0.05) is 18.2 Å². The molecule has 0 radical (unpaired) electrons. The van der Waals surface area contributed by atoms with E-state index in [1.54, 1.807) is 30.3 Å². The molecule has 122 valence electrons. The topological polar surface area (TPSA) is 53.4 Å². The second-order valence-corrected chi connectivity index (χ2v) is 5.99. The maximum Gasteiger partial charge on any atom is 0.335 e. The highest BCUT2D eigenvalue weighted by atomic mass is 16.4. The normalized spacial score (nSPS) is 17.4. The van der Waals surface area contributed by atoms with E-state index in [2.05, 4.69) is 43.0 Å². The third kappa shape index (κ3) is 4.63. The van der Waals surface area contributed by atoms with Crippen molar-refractivity contribution in [3.63, 3.8) is 0 Å². The molecule has 1 N–H and O–H groups in total. The Balaban J connectivity index is 0.000000185. The Morgan fingerprint density at radius 3 is 2.43 bits per heavy atom. The number of carbonyl (C=O) groups is 1. The Morgan fingerprint density at radius 1 is 1.26 bits per heavy atom. The Kier molecular flexibility index (Phi) is 5.88. The Morgan fingerprint density at radius 2 is 1.96 bits per heavy atom. The summed E-state index contributed by atoms with van der Waals surface area (Å²) in [6.07, 6.45) is 4.65. The molecule has 23 heavy (non-hydrogen) atoms. The number of nitrogens with zero attached hydrogens (tertiary/aromatic N) is 2. The van der Waals surface area contributed by atoms with Crippen molar-refractivity contribution in [1.82, 2.24) is 9.88 Å². The molecule has 1 aromatic heterocycles. The van der Waals surface area contributed by atoms with Gasteiger partial charge in [0.15, 0.2) is 0 Å². The highest BCUT2D eigenvalue weighted by Gasteiger charge is 2.23. The molecule has 0 bridgehead atoms. The first-order valence-electron chi connectivity index (χ1n) is 7.90. The summed E-state index contributed by atoms with van der Waals surface area (Å²) in [6.45, 7) is 5.46. The number of rotatable bonds is 2. The van der Waals surface area contributed by atoms with Gasteiger partial charge in [-0.3, -0.25) is 9.88 Å². The minimum Gasteiger partial charge on any atom is -0.478 e. The zero-order chi connectivity index (χ0) is 16.8. The van der Waals surface area contributed by atoms with Crippen LogP contribution < -0.4 is 0 Å². The number of aromatic nitrogens is 1. The van der Waals surface area contributed by atoms with Gasteiger partial charge in [-0.05, 0) is 69.6 Å². The number of pyridine rings is 1. The smallest absolute Gasteiger partial charge is 0.335 e. The summed E-state index contributed by atoms with van der Waals surface area (Å²) in [5.41, 5.74) is 4.25. The van der Waals surface area contributed by atoms with Crippen molar-refractivity contribution < 1.29 is 9.90 Å². The predicted molar refractivity (Wildman–Crippen MR) is 91.7 cm³/mol. The van der Waals surface area contributed by atoms with Crippen LogP contribution in [-0.2, 0) is 0 Å². The van der Waals surface area contributed by atoms with Gasteiger partial charge in [0.1, 0.15) is 0 Å². The lowest BCUT2D eigenvalue weighted by Crippen LogP contribution is -2.18. The lowest BCUT2D eigenvalue weighted by molar-refractivity contribution is 0.0697. The van der Waals surface area contributed by atoms with Crippen molar-refractivity contribution in [3.8, 4) is 0 Å². The van der Waals surface area contributed by atoms with E-state index in [1.165, 1.54) is 30.5 Å². The minimum atomic E-state index is -0.879. The SMILES string of the molecule is Cc1cc(C)c([C@@H]2CCCN2C)cn1.O=C(O)c1ccccc1. The van der Waals surface area contributed by atoms with Crippen molar-refractivity contribution in [2.45, 2.75) is 32.7 Å². The van der Waals surface area contributed by atoms with Crippen LogP contribution >= 0.6 is 0 Å². The van der Waals surface area contributed by atoms with Gasteiger partial charge in [0.25, 0.3) is 0 Å². The molecule has 0 spiro atoms. The Hall–Kier alpha value is -2.20. The number of aryl methyl sites for hydroxylation is 2. The molecule has 0 unspecified atom stereocenters. The molecular formula is C19H24N2O2. The number of carboxylic acid groups (broad SMARTS) is 1. The first-order valence-corrected chi connectivity index (χ1v) is 7.90. The van der Waals surface area contributed by atoms with Crippen molar-refractivity contribution in [3.05, 3.63) is 65.0 Å². The highest BCUT2D eigenvalue weighted by Crippen LogP contribution is 2.31. The van der Waals surface area contributed by atoms with E-state index in [9.17, 15) is 4.79 Å². The van der Waals surface area contributed by atoms with Gasteiger partial charge in [0.05, 0.1) is 5.56 Å². The fourth-order valence-electron chi connectivity index (χ4n) is 2.94. The van der Waals surface area contributed by atoms with Gasteiger partial charge in [0, 0.05) is 17.9 Å². The van der Waals surface area contributed by atoms with Crippen LogP contribution in [0.4, 0.5) is 0 Å². The molecule has 1 saturated heterocycles. The van der Waals surface area contributed by atoms with Gasteiger partial charge >= 0.3 is 5.97 Å². The fourth-order valence-corrected chi connectivity index (χ4v) is 2.94. The Bertz CT molecular complexity index is 656. The number of likely N-dealkylation sites (tertiary alicyclic amines) is 1. The molecule has 0 amide bonds. The van der Waals surface area contributed by atoms with E-state index in [4.69, 9.17) is 5.11 Å². The van der Waals surface area contributed by atoms with Crippen molar-refractivity contribution in [1.29, 1.82) is 0 Å². The molecule has 1 aliphatic rings. The Labute approximate surface area is 137 Å². The van der Waals surface area contributed by atoms with Gasteiger partial charge in [-0.25, -0.2) is 4.79 Å². The summed E-state index contributed by atoms with van der Waals surface area (Å²) in [5, 5.41) is 8.38. The van der Waals surface area contributed by atoms with E-state index >= 15 is 0 Å². The molecule has 2 heterocycles. The molecule has 4 heteroatoms. The molecule has 0 aliphatic carbocycles. The number of hydrogen-bond acceptors (Lipinski definition) is 3. The summed E-state index contributed by atoms with van der Waals surface area (Å²) in [7, 11) is 2.21. The first kappa shape index (κ1) is 17.2. The van der Waals surface area contributed by atoms with Crippen LogP contribution in [0.2, 0.25) is 0 Å². The number of benzene rings is 1. The molecule has 1 aromatic carbocycles. The highest BCUT2D eigenvalue weighted by molar-refractivity contribution is 5.87. The molecule has 2 aromatic rings. The maximum atomic E-state index is 10.2. The lowest BCUT2D eigenvalue weighted by atomic mass is 10.0. The minimum absolute atomic E-state index is 0.331. The van der Waals surface area contributed by atoms with Crippen LogP contribution in [0.1, 0.15) is 46.1 Å². The molecule has 1 atom stereocenters. The summed E-state index contributed by atoms with van der Waals surface area (Å²) < 4.78 is 0. The molecule has 3 rings (SSSR count). The average Bonchev–Trinajstić information content (AvgIpc) is 2.95. The van der Waals surface area contributed by atoms with Crippen LogP contribution in [0.3, 0.4) is 0 Å². The average molecular weight is 312 g/mol. The second kappa shape index (κ2) is 7.88. The fraction of sp³-hybridized carbons (Fsp3) is 0.368. The first-order chi connectivity index (χ1) is 11.0. The zero-order valence-electron chi connectivity index (χ0n) is 14.0. The molecule has 4 nitrogen and oxygen atoms in total. The number of carboxylic acids is 1. The van der Waals surface area contributed by atoms with E-state index < -0.39 is 5.97 Å². The van der Waals surface area contributed by atoms with Gasteiger partial charge in [0.2, 0.25) is 0 Å². The molecule has 1 fully saturated rings. The van der Waals surface area contributed by atoms with Crippen LogP contribution in [0.25, 0.3) is 0 Å². The van der Waals surface area contributed by atoms with Crippen molar-refractivity contribution in [2.75, 3.05) is 13.6 Å². The van der Waals surface area contributed by atoms with Crippen molar-refractivity contribution >= 4 is 5.97 Å². The third-order valence-corrected chi connectivity index (χ3v) is 4.19. The summed E-state index contributed by atoms with van der Waals surface area (Å²) in [6, 6.07) is 11.1. The van der Waals surface area contributed by atoms with Crippen LogP contribution in [0.15, 0.2) is 42.6 Å². The summed E-state index contributed by atoms with van der Waals surface area (Å²) in [4.78, 5) is 17.0. The predicted octanol–water partition coefficient (Wildman–Crippen LogP) is 3.85. The van der Waals surface area contributed by atoms with E-state index in [0.29, 0.717) is 11.6 Å². The maximum absolute atomic E-state index is 10.2. The second-order valence-electron chi connectivity index (χ2n) is 5.99. The number of aromatic carboxylic acids is 1. The van der Waals surface area contributed by atoms with E-state index in [0.717, 1.165) is 5.69 Å². The zero-order valence-corrected chi connectivity index (χ0v) is 14.0. The van der Waals surface area contributed by atoms with E-state index in [1.807, 2.05) is 0 Å². The molecule has 0 saturated carbocycles. The summed E-state index contributed by atoms with van der Waals surface area (Å²) >= 11 is 0. The third-order valence-electron chi connectivity index (χ3n) is 4.19. The standard InChI is InChI=1S/C12H18N2.C7H6O2/c1-9-7-10(2)13-8-11(9)12-5-4-6-14(12)3;8-7(9)6-4-2-1-3-5-6/h7-8,12H,4-6H2,1-3H3;1-5H,(H,8,9)/t12-;/m0./s1.